The number of carbonyl (C=O) groups excluding carboxylic acids is 1. The molecule has 0 aromatic carbocycles. The number of nitrogens with one attached hydrogen (secondary N) is 1. The second kappa shape index (κ2) is 6.58. The number of nitrogens with two attached hydrogens (primary N) is 1. The van der Waals surface area contributed by atoms with Crippen molar-refractivity contribution in [3.8, 4) is 0 Å². The van der Waals surface area contributed by atoms with Crippen molar-refractivity contribution in [2.45, 2.75) is 42.6 Å². The molecule has 1 rings (SSSR count). The van der Waals surface area contributed by atoms with Crippen LogP contribution < -0.4 is 11.1 Å². The molecule has 0 radical (unpaired) electrons. The number of rotatable bonds is 6. The zero-order chi connectivity index (χ0) is 12.9. The van der Waals surface area contributed by atoms with Gasteiger partial charge in [-0.2, -0.15) is 11.8 Å². The Kier molecular flexibility index (Phi) is 5.72. The van der Waals surface area contributed by atoms with Crippen LogP contribution in [0.15, 0.2) is 0 Å². The summed E-state index contributed by atoms with van der Waals surface area (Å²) in [5, 5.41) is 21.4. The molecule has 1 aliphatic rings. The number of thioether (sulfide) groups is 1. The lowest BCUT2D eigenvalue weighted by molar-refractivity contribution is -0.125. The van der Waals surface area contributed by atoms with Gasteiger partial charge in [-0.3, -0.25) is 4.79 Å². The number of hydrogen-bond acceptors (Lipinski definition) is 5. The van der Waals surface area contributed by atoms with E-state index < -0.39 is 11.6 Å². The molecule has 5 nitrogen and oxygen atoms in total. The quantitative estimate of drug-likeness (QED) is 0.515. The summed E-state index contributed by atoms with van der Waals surface area (Å²) in [5.74, 6) is 0.202. The molecule has 0 spiro atoms. The minimum atomic E-state index is -0.681. The third-order valence-corrected chi connectivity index (χ3v) is 4.84. The number of aliphatic hydroxyl groups excluding tert-OH is 2. The van der Waals surface area contributed by atoms with Crippen molar-refractivity contribution in [1.82, 2.24) is 5.32 Å². The van der Waals surface area contributed by atoms with Crippen molar-refractivity contribution in [2.24, 2.45) is 5.73 Å². The molecule has 5 N–H and O–H groups in total. The standard InChI is InChI=1S/C11H22N2O3S/c1-13-11(10(12)16)4-2-3-9(5-11)17-7-8(15)6-14/h8-9,13-15H,2-7H2,1H3,(H2,12,16). The topological polar surface area (TPSA) is 95.6 Å². The molecule has 0 aromatic heterocycles. The third-order valence-electron chi connectivity index (χ3n) is 3.39. The van der Waals surface area contributed by atoms with Crippen molar-refractivity contribution in [3.05, 3.63) is 0 Å². The number of likely N-dealkylation sites (N-methyl/N-ethyl adjacent to an activating group) is 1. The van der Waals surface area contributed by atoms with Gasteiger partial charge in [0.25, 0.3) is 0 Å². The van der Waals surface area contributed by atoms with E-state index in [-0.39, 0.29) is 12.5 Å². The van der Waals surface area contributed by atoms with E-state index in [2.05, 4.69) is 5.32 Å². The van der Waals surface area contributed by atoms with Crippen molar-refractivity contribution in [3.63, 3.8) is 0 Å². The fourth-order valence-electron chi connectivity index (χ4n) is 2.24. The zero-order valence-electron chi connectivity index (χ0n) is 10.2. The summed E-state index contributed by atoms with van der Waals surface area (Å²) in [6.07, 6.45) is 2.77. The molecule has 0 heterocycles. The van der Waals surface area contributed by atoms with E-state index in [0.717, 1.165) is 19.3 Å². The molecule has 1 fully saturated rings. The van der Waals surface area contributed by atoms with Crippen LogP contribution in [0.1, 0.15) is 25.7 Å². The Morgan fingerprint density at radius 1 is 1.71 bits per heavy atom. The molecule has 0 saturated heterocycles. The maximum absolute atomic E-state index is 11.5. The lowest BCUT2D eigenvalue weighted by atomic mass is 9.81. The first-order valence-corrected chi connectivity index (χ1v) is 6.98. The molecule has 1 aliphatic carbocycles. The van der Waals surface area contributed by atoms with Crippen LogP contribution in [0.3, 0.4) is 0 Å². The van der Waals surface area contributed by atoms with Crippen LogP contribution in [0.5, 0.6) is 0 Å². The molecular weight excluding hydrogens is 240 g/mol. The molecule has 3 unspecified atom stereocenters. The summed E-state index contributed by atoms with van der Waals surface area (Å²) in [6, 6.07) is 0. The van der Waals surface area contributed by atoms with Crippen LogP contribution in [-0.2, 0) is 4.79 Å². The monoisotopic (exact) mass is 262 g/mol. The van der Waals surface area contributed by atoms with Crippen LogP contribution in [0.4, 0.5) is 0 Å². The molecule has 1 saturated carbocycles. The second-order valence-corrected chi connectivity index (χ2v) is 5.92. The van der Waals surface area contributed by atoms with Gasteiger partial charge in [0.15, 0.2) is 0 Å². The highest BCUT2D eigenvalue weighted by Gasteiger charge is 2.40. The van der Waals surface area contributed by atoms with Crippen LogP contribution in [0, 0.1) is 0 Å². The van der Waals surface area contributed by atoms with Crippen LogP contribution in [0.25, 0.3) is 0 Å². The lowest BCUT2D eigenvalue weighted by Crippen LogP contribution is -2.57. The van der Waals surface area contributed by atoms with Crippen molar-refractivity contribution < 1.29 is 15.0 Å². The Hall–Kier alpha value is -0.300. The van der Waals surface area contributed by atoms with Gasteiger partial charge in [0.2, 0.25) is 5.91 Å². The van der Waals surface area contributed by atoms with Gasteiger partial charge in [0.1, 0.15) is 0 Å². The van der Waals surface area contributed by atoms with Gasteiger partial charge in [0, 0.05) is 11.0 Å². The Morgan fingerprint density at radius 3 is 2.94 bits per heavy atom. The summed E-state index contributed by atoms with van der Waals surface area (Å²) in [6.45, 7) is -0.216. The molecule has 0 aromatic rings. The summed E-state index contributed by atoms with van der Waals surface area (Å²) in [5.41, 5.74) is 4.86. The van der Waals surface area contributed by atoms with E-state index in [1.54, 1.807) is 18.8 Å². The lowest BCUT2D eigenvalue weighted by Gasteiger charge is -2.38. The molecule has 0 aliphatic heterocycles. The third kappa shape index (κ3) is 3.84. The number of amides is 1. The first kappa shape index (κ1) is 14.8. The molecular formula is C11H22N2O3S. The largest absolute Gasteiger partial charge is 0.394 e. The normalized spacial score (nSPS) is 31.1. The van der Waals surface area contributed by atoms with Crippen molar-refractivity contribution in [1.29, 1.82) is 0 Å². The predicted octanol–water partition coefficient (Wildman–Crippen LogP) is -0.541. The Bertz CT molecular complexity index is 265. The minimum Gasteiger partial charge on any atom is -0.394 e. The van der Waals surface area contributed by atoms with Gasteiger partial charge in [0.05, 0.1) is 18.2 Å². The fourth-order valence-corrected chi connectivity index (χ4v) is 3.58. The predicted molar refractivity (Wildman–Crippen MR) is 68.8 cm³/mol. The average Bonchev–Trinajstić information content (AvgIpc) is 2.35. The van der Waals surface area contributed by atoms with E-state index in [1.807, 2.05) is 0 Å². The van der Waals surface area contributed by atoms with E-state index in [1.165, 1.54) is 0 Å². The molecule has 17 heavy (non-hydrogen) atoms. The van der Waals surface area contributed by atoms with Gasteiger partial charge in [-0.15, -0.1) is 0 Å². The number of primary amides is 1. The van der Waals surface area contributed by atoms with Crippen molar-refractivity contribution in [2.75, 3.05) is 19.4 Å². The number of aliphatic hydroxyl groups is 2. The smallest absolute Gasteiger partial charge is 0.237 e. The Labute approximate surface area is 106 Å². The summed E-state index contributed by atoms with van der Waals surface area (Å²) < 4.78 is 0. The van der Waals surface area contributed by atoms with Crippen LogP contribution in [0.2, 0.25) is 0 Å². The van der Waals surface area contributed by atoms with Crippen LogP contribution >= 0.6 is 11.8 Å². The van der Waals surface area contributed by atoms with E-state index in [0.29, 0.717) is 17.4 Å². The van der Waals surface area contributed by atoms with E-state index >= 15 is 0 Å². The molecule has 6 heteroatoms. The Balaban J connectivity index is 2.51. The van der Waals surface area contributed by atoms with Gasteiger partial charge in [-0.25, -0.2) is 0 Å². The van der Waals surface area contributed by atoms with Gasteiger partial charge in [-0.05, 0) is 32.7 Å². The maximum atomic E-state index is 11.5. The van der Waals surface area contributed by atoms with Crippen molar-refractivity contribution >= 4 is 17.7 Å². The number of hydrogen-bond donors (Lipinski definition) is 4. The summed E-state index contributed by atoms with van der Waals surface area (Å²) in [4.78, 5) is 11.5. The maximum Gasteiger partial charge on any atom is 0.237 e. The fraction of sp³-hybridized carbons (Fsp3) is 0.909. The molecule has 3 atom stereocenters. The van der Waals surface area contributed by atoms with E-state index in [9.17, 15) is 9.90 Å². The summed E-state index contributed by atoms with van der Waals surface area (Å²) in [7, 11) is 1.76. The highest BCUT2D eigenvalue weighted by Crippen LogP contribution is 2.35. The highest BCUT2D eigenvalue weighted by molar-refractivity contribution is 7.99. The molecule has 100 valence electrons. The Morgan fingerprint density at radius 2 is 2.41 bits per heavy atom. The van der Waals surface area contributed by atoms with Crippen LogP contribution in [-0.4, -0.2) is 52.4 Å². The second-order valence-electron chi connectivity index (χ2n) is 4.58. The first-order valence-electron chi connectivity index (χ1n) is 5.93. The first-order chi connectivity index (χ1) is 8.04. The molecule has 0 bridgehead atoms. The van der Waals surface area contributed by atoms with Gasteiger partial charge >= 0.3 is 0 Å². The van der Waals surface area contributed by atoms with E-state index in [4.69, 9.17) is 10.8 Å². The minimum absolute atomic E-state index is 0.216. The highest BCUT2D eigenvalue weighted by atomic mass is 32.2. The SMILES string of the molecule is CNC1(C(N)=O)CCCC(SCC(O)CO)C1. The van der Waals surface area contributed by atoms with Gasteiger partial charge in [-0.1, -0.05) is 0 Å². The average molecular weight is 262 g/mol. The number of carbonyl (C=O) groups is 1. The zero-order valence-corrected chi connectivity index (χ0v) is 11.0. The molecule has 1 amide bonds. The summed E-state index contributed by atoms with van der Waals surface area (Å²) >= 11 is 1.61. The van der Waals surface area contributed by atoms with Gasteiger partial charge < -0.3 is 21.3 Å².